The van der Waals surface area contributed by atoms with Crippen molar-refractivity contribution < 1.29 is 27.5 Å². The number of carboxylic acid groups (broad SMARTS) is 1. The van der Waals surface area contributed by atoms with Crippen molar-refractivity contribution >= 4 is 5.97 Å². The Kier molecular flexibility index (Phi) is 3.98. The number of carbonyl (C=O) groups is 1. The van der Waals surface area contributed by atoms with Gasteiger partial charge in [0.1, 0.15) is 0 Å². The largest absolute Gasteiger partial charge is 0.477 e. The van der Waals surface area contributed by atoms with Gasteiger partial charge in [0, 0.05) is 0 Å². The lowest BCUT2D eigenvalue weighted by Gasteiger charge is -2.07. The van der Waals surface area contributed by atoms with Crippen LogP contribution in [0.4, 0.5) is 17.6 Å². The SMILES string of the molecule is N.O=C(O)C(F)(F)C(F)F. The highest BCUT2D eigenvalue weighted by atomic mass is 19.3. The number of aliphatic carboxylic acids is 1. The molecule has 0 aromatic heterocycles. The summed E-state index contributed by atoms with van der Waals surface area (Å²) in [5, 5.41) is 7.38. The van der Waals surface area contributed by atoms with Crippen molar-refractivity contribution in [3.8, 4) is 0 Å². The molecule has 0 unspecified atom stereocenters. The van der Waals surface area contributed by atoms with Crippen LogP contribution in [-0.2, 0) is 4.79 Å². The van der Waals surface area contributed by atoms with Gasteiger partial charge in [0.2, 0.25) is 0 Å². The van der Waals surface area contributed by atoms with Gasteiger partial charge < -0.3 is 11.3 Å². The van der Waals surface area contributed by atoms with Gasteiger partial charge in [-0.1, -0.05) is 0 Å². The smallest absolute Gasteiger partial charge is 0.401 e. The van der Waals surface area contributed by atoms with Gasteiger partial charge >= 0.3 is 18.3 Å². The minimum Gasteiger partial charge on any atom is -0.477 e. The molecule has 0 radical (unpaired) electrons. The fraction of sp³-hybridized carbons (Fsp3) is 0.667. The predicted molar refractivity (Wildman–Crippen MR) is 23.6 cm³/mol. The monoisotopic (exact) mass is 163 g/mol. The number of carboxylic acids is 1. The zero-order valence-electron chi connectivity index (χ0n) is 4.65. The predicted octanol–water partition coefficient (Wildman–Crippen LogP) is 1.13. The van der Waals surface area contributed by atoms with Crippen LogP contribution in [0.25, 0.3) is 0 Å². The first-order chi connectivity index (χ1) is 3.89. The third kappa shape index (κ3) is 2.18. The summed E-state index contributed by atoms with van der Waals surface area (Å²) < 4.78 is 44.5. The molecule has 0 aliphatic rings. The Labute approximate surface area is 53.2 Å². The molecule has 0 fully saturated rings. The van der Waals surface area contributed by atoms with Gasteiger partial charge in [0.05, 0.1) is 0 Å². The van der Waals surface area contributed by atoms with E-state index in [1.165, 1.54) is 0 Å². The molecule has 0 aliphatic carbocycles. The Hall–Kier alpha value is -0.850. The first kappa shape index (κ1) is 11.9. The molecule has 0 aliphatic heterocycles. The summed E-state index contributed by atoms with van der Waals surface area (Å²) in [6, 6.07) is 0. The Balaban J connectivity index is 0. The molecule has 4 N–H and O–H groups in total. The van der Waals surface area contributed by atoms with Crippen LogP contribution in [0.15, 0.2) is 0 Å². The van der Waals surface area contributed by atoms with Crippen LogP contribution in [0.5, 0.6) is 0 Å². The van der Waals surface area contributed by atoms with Crippen LogP contribution in [0.1, 0.15) is 0 Å². The standard InChI is InChI=1S/C3H2F4O2.H3N/c4-1(5)3(6,7)2(8)9;/h1H,(H,8,9);1H3. The number of rotatable bonds is 2. The summed E-state index contributed by atoms with van der Waals surface area (Å²) in [6.45, 7) is 0. The van der Waals surface area contributed by atoms with Crippen LogP contribution in [0.2, 0.25) is 0 Å². The van der Waals surface area contributed by atoms with Crippen molar-refractivity contribution in [2.24, 2.45) is 0 Å². The van der Waals surface area contributed by atoms with Crippen LogP contribution >= 0.6 is 0 Å². The van der Waals surface area contributed by atoms with Crippen molar-refractivity contribution in [3.05, 3.63) is 0 Å². The minimum atomic E-state index is -4.92. The molecule has 3 nitrogen and oxygen atoms in total. The molecule has 10 heavy (non-hydrogen) atoms. The molecule has 0 aromatic carbocycles. The normalized spacial score (nSPS) is 10.9. The van der Waals surface area contributed by atoms with Crippen LogP contribution in [0, 0.1) is 0 Å². The molecule has 62 valence electrons. The Morgan fingerprint density at radius 1 is 1.40 bits per heavy atom. The molecule has 0 atom stereocenters. The second-order valence-electron chi connectivity index (χ2n) is 1.23. The fourth-order valence-corrected chi connectivity index (χ4v) is 0.0933. The van der Waals surface area contributed by atoms with Crippen LogP contribution in [-0.4, -0.2) is 23.4 Å². The first-order valence-electron chi connectivity index (χ1n) is 1.78. The Bertz CT molecular complexity index is 126. The lowest BCUT2D eigenvalue weighted by atomic mass is 10.4. The molecular weight excluding hydrogens is 158 g/mol. The van der Waals surface area contributed by atoms with E-state index in [4.69, 9.17) is 5.11 Å². The van der Waals surface area contributed by atoms with Crippen molar-refractivity contribution in [1.29, 1.82) is 0 Å². The topological polar surface area (TPSA) is 72.3 Å². The number of hydrogen-bond donors (Lipinski definition) is 2. The maximum atomic E-state index is 11.3. The van der Waals surface area contributed by atoms with Crippen molar-refractivity contribution in [2.45, 2.75) is 12.3 Å². The molecular formula is C3H5F4NO2. The van der Waals surface area contributed by atoms with Crippen molar-refractivity contribution in [2.75, 3.05) is 0 Å². The molecule has 0 heterocycles. The van der Waals surface area contributed by atoms with E-state index in [-0.39, 0.29) is 6.15 Å². The molecule has 0 bridgehead atoms. The van der Waals surface area contributed by atoms with Gasteiger partial charge in [0.15, 0.2) is 0 Å². The summed E-state index contributed by atoms with van der Waals surface area (Å²) in [5.74, 6) is -7.72. The zero-order chi connectivity index (χ0) is 7.65. The van der Waals surface area contributed by atoms with E-state index in [2.05, 4.69) is 0 Å². The van der Waals surface area contributed by atoms with E-state index >= 15 is 0 Å². The van der Waals surface area contributed by atoms with Gasteiger partial charge in [-0.2, -0.15) is 8.78 Å². The molecule has 7 heteroatoms. The second-order valence-corrected chi connectivity index (χ2v) is 1.23. The highest BCUT2D eigenvalue weighted by molar-refractivity contribution is 5.75. The summed E-state index contributed by atoms with van der Waals surface area (Å²) >= 11 is 0. The van der Waals surface area contributed by atoms with E-state index in [1.54, 1.807) is 0 Å². The highest BCUT2D eigenvalue weighted by Crippen LogP contribution is 2.22. The summed E-state index contributed by atoms with van der Waals surface area (Å²) in [4.78, 5) is 9.23. The van der Waals surface area contributed by atoms with E-state index < -0.39 is 18.3 Å². The molecule has 0 saturated carbocycles. The van der Waals surface area contributed by atoms with E-state index in [9.17, 15) is 22.4 Å². The highest BCUT2D eigenvalue weighted by Gasteiger charge is 2.49. The lowest BCUT2D eigenvalue weighted by Crippen LogP contribution is -2.35. The zero-order valence-corrected chi connectivity index (χ0v) is 4.65. The van der Waals surface area contributed by atoms with Gasteiger partial charge in [-0.05, 0) is 0 Å². The number of hydrogen-bond acceptors (Lipinski definition) is 2. The quantitative estimate of drug-likeness (QED) is 0.599. The Morgan fingerprint density at radius 2 is 1.70 bits per heavy atom. The lowest BCUT2D eigenvalue weighted by molar-refractivity contribution is -0.187. The fourth-order valence-electron chi connectivity index (χ4n) is 0.0933. The molecule has 0 spiro atoms. The van der Waals surface area contributed by atoms with Crippen LogP contribution < -0.4 is 6.15 Å². The molecule has 0 saturated heterocycles. The van der Waals surface area contributed by atoms with E-state index in [0.717, 1.165) is 0 Å². The average molecular weight is 163 g/mol. The Morgan fingerprint density at radius 3 is 1.70 bits per heavy atom. The van der Waals surface area contributed by atoms with E-state index in [0.29, 0.717) is 0 Å². The first-order valence-corrected chi connectivity index (χ1v) is 1.78. The maximum absolute atomic E-state index is 11.3. The van der Waals surface area contributed by atoms with Gasteiger partial charge in [0.25, 0.3) is 0 Å². The van der Waals surface area contributed by atoms with Gasteiger partial charge in [-0.25, -0.2) is 13.6 Å². The molecule has 0 rings (SSSR count). The summed E-state index contributed by atoms with van der Waals surface area (Å²) in [6.07, 6.45) is -4.14. The molecule has 0 amide bonds. The summed E-state index contributed by atoms with van der Waals surface area (Å²) in [7, 11) is 0. The van der Waals surface area contributed by atoms with Gasteiger partial charge in [-0.15, -0.1) is 0 Å². The number of halogens is 4. The van der Waals surface area contributed by atoms with Crippen molar-refractivity contribution in [1.82, 2.24) is 6.15 Å². The average Bonchev–Trinajstić information content (AvgIpc) is 1.65. The maximum Gasteiger partial charge on any atom is 0.401 e. The second kappa shape index (κ2) is 3.35. The third-order valence-corrected chi connectivity index (χ3v) is 0.559. The summed E-state index contributed by atoms with van der Waals surface area (Å²) in [5.41, 5.74) is 0. The van der Waals surface area contributed by atoms with E-state index in [1.807, 2.05) is 0 Å². The minimum absolute atomic E-state index is 0. The van der Waals surface area contributed by atoms with Gasteiger partial charge in [-0.3, -0.25) is 0 Å². The van der Waals surface area contributed by atoms with Crippen molar-refractivity contribution in [3.63, 3.8) is 0 Å². The third-order valence-electron chi connectivity index (χ3n) is 0.559. The number of alkyl halides is 4. The van der Waals surface area contributed by atoms with Crippen LogP contribution in [0.3, 0.4) is 0 Å². The molecule has 0 aromatic rings.